The molecule has 18 heteroatoms. The minimum Gasteiger partial charge on any atom is -0.507 e. The maximum absolute atomic E-state index is 12.0. The molecule has 1 unspecified atom stereocenters. The third-order valence-corrected chi connectivity index (χ3v) is 10.5. The fourth-order valence-electron chi connectivity index (χ4n) is 6.28. The van der Waals surface area contributed by atoms with Crippen LogP contribution < -0.4 is 0 Å². The Labute approximate surface area is 646 Å². The van der Waals surface area contributed by atoms with Gasteiger partial charge in [0.25, 0.3) is 0 Å². The molecule has 0 fully saturated rings. The molecule has 0 saturated carbocycles. The van der Waals surface area contributed by atoms with Crippen LogP contribution in [-0.2, 0) is 24.2 Å². The largest absolute Gasteiger partial charge is 0.507 e. The molecule has 0 spiro atoms. The molecule has 0 radical (unpaired) electrons. The summed E-state index contributed by atoms with van der Waals surface area (Å²) in [5.41, 5.74) is 2.39. The topological polar surface area (TPSA) is 320 Å². The van der Waals surface area contributed by atoms with Crippen molar-refractivity contribution >= 4 is 40.9 Å². The summed E-state index contributed by atoms with van der Waals surface area (Å²) >= 11 is 0. The molecule has 1 aliphatic carbocycles. The van der Waals surface area contributed by atoms with E-state index in [-0.39, 0.29) is 105 Å². The smallest absolute Gasteiger partial charge is 0.303 e. The van der Waals surface area contributed by atoms with Gasteiger partial charge in [-0.3, -0.25) is 44.1 Å². The van der Waals surface area contributed by atoms with Crippen LogP contribution in [0.25, 0.3) is 0 Å². The molecule has 8 rings (SSSR count). The number of carbonyl (C=O) groups is 7. The van der Waals surface area contributed by atoms with E-state index in [9.17, 15) is 59.1 Å². The average molecular weight is 1500 g/mol. The summed E-state index contributed by atoms with van der Waals surface area (Å²) in [6, 6.07) is 49.6. The molecule has 18 nitrogen and oxygen atoms in total. The highest BCUT2D eigenvalue weighted by molar-refractivity contribution is 6.17. The maximum atomic E-state index is 12.0. The van der Waals surface area contributed by atoms with Gasteiger partial charge < -0.3 is 35.7 Å². The maximum Gasteiger partial charge on any atom is 0.303 e. The highest BCUT2D eigenvalue weighted by Crippen LogP contribution is 2.26. The number of carbonyl (C=O) groups excluding carboxylic acids is 5. The number of aliphatic carboxylic acids is 2. The Balaban J connectivity index is -0.0000000953. The van der Waals surface area contributed by atoms with E-state index in [0.717, 1.165) is 19.3 Å². The lowest BCUT2D eigenvalue weighted by Crippen LogP contribution is -2.22. The number of para-hydroxylation sites is 5. The summed E-state index contributed by atoms with van der Waals surface area (Å²) in [5.74, 6) is -3.83. The number of ketones is 5. The van der Waals surface area contributed by atoms with E-state index in [4.69, 9.17) is 20.7 Å². The fraction of sp³-hybridized carbons (Fsp3) is 0.404. The summed E-state index contributed by atoms with van der Waals surface area (Å²) in [7, 11) is 0. The monoisotopic (exact) mass is 1500 g/mol. The summed E-state index contributed by atoms with van der Waals surface area (Å²) in [6.45, 7) is 41.2. The quantitative estimate of drug-likeness (QED) is 0.0199. The van der Waals surface area contributed by atoms with Crippen molar-refractivity contribution in [2.75, 3.05) is 13.2 Å². The van der Waals surface area contributed by atoms with E-state index >= 15 is 0 Å². The first kappa shape index (κ1) is 124. The first-order chi connectivity index (χ1) is 49.5. The van der Waals surface area contributed by atoms with Crippen LogP contribution in [0.2, 0.25) is 0 Å². The number of hydrogen-bond acceptors (Lipinski definition) is 16. The van der Waals surface area contributed by atoms with Crippen molar-refractivity contribution in [1.29, 1.82) is 0 Å². The van der Waals surface area contributed by atoms with Crippen molar-refractivity contribution in [3.8, 4) is 28.7 Å². The second-order valence-corrected chi connectivity index (χ2v) is 19.7. The molecule has 0 heterocycles. The van der Waals surface area contributed by atoms with Gasteiger partial charge in [-0.25, -0.2) is 9.78 Å². The first-order valence-corrected chi connectivity index (χ1v) is 35.5. The third-order valence-electron chi connectivity index (χ3n) is 10.5. The van der Waals surface area contributed by atoms with Crippen LogP contribution in [0.4, 0.5) is 0 Å². The van der Waals surface area contributed by atoms with Gasteiger partial charge in [0.05, 0.1) is 41.0 Å². The standard InChI is InChI=1S/2C13H10O3.2C13H10O2.C4H8O2.2C3H8O2.C3H6O2.4C3H8.4C2H6.4CH4/c2*14-11-7-3-1-5-9(11)13(16)10-6-2-4-8-12(10)15;2*14-12-9-5-4-8-11(12)13(15)10-6-2-1-3-7-10;1-2-3-4(5)6;2*1-2-3-5-4;1-2-3(4)5;4*1-3-2;4*1-2;;;;/h1-8,14-15H;1-9,15H;2*1-9,14H;2-3H2,1H3,(H,5,6);2*4H,2-3H2,1H3;2H2,1H3,(H,4,5);4*3H2,1-2H3;4*1-2H3;4*1H4. The van der Waals surface area contributed by atoms with E-state index in [1.165, 1.54) is 86.4 Å². The molecule has 0 saturated heterocycles. The van der Waals surface area contributed by atoms with Gasteiger partial charge in [0, 0.05) is 24.0 Å². The first-order valence-electron chi connectivity index (χ1n) is 35.5. The molecule has 0 amide bonds. The Morgan fingerprint density at radius 2 is 0.570 bits per heavy atom. The molecule has 7 aromatic rings. The number of rotatable bonds is 15. The number of carboxylic acids is 2. The second kappa shape index (κ2) is 92.2. The minimum absolute atomic E-state index is 0. The number of Topliss-reactive ketones (excluding diaryl/α,β-unsaturated/α-hetero) is 1. The van der Waals surface area contributed by atoms with Crippen molar-refractivity contribution in [2.45, 2.75) is 226 Å². The summed E-state index contributed by atoms with van der Waals surface area (Å²) in [6.07, 6.45) is 14.1. The van der Waals surface area contributed by atoms with Crippen molar-refractivity contribution in [2.24, 2.45) is 5.92 Å². The average Bonchev–Trinajstić information content (AvgIpc) is 0.861. The van der Waals surface area contributed by atoms with Crippen LogP contribution in [-0.4, -0.2) is 100 Å². The SMILES string of the molecule is C.C.C.C.CC.CC.CC.CC.CCC.CCC.CCC.CCC.CCC(=O)O.CCCC(=O)O.CCCOO.CCCOO.O=C(c1ccccc1)c1ccccc1O.O=C(c1ccccc1)c1ccccc1O.O=C(c1ccccc1O)c1ccccc1O.O=C1C=CC=CC1C(=O)c1ccccc1O. The van der Waals surface area contributed by atoms with E-state index in [0.29, 0.717) is 41.9 Å². The summed E-state index contributed by atoms with van der Waals surface area (Å²) in [4.78, 5) is 85.6. The predicted molar refractivity (Wildman–Crippen MR) is 449 cm³/mol. The Morgan fingerprint density at radius 3 is 0.757 bits per heavy atom. The minimum atomic E-state index is -0.807. The Bertz CT molecular complexity index is 3060. The van der Waals surface area contributed by atoms with Crippen LogP contribution in [0.1, 0.15) is 284 Å². The van der Waals surface area contributed by atoms with Crippen molar-refractivity contribution in [3.05, 3.63) is 245 Å². The third kappa shape index (κ3) is 66.6. The highest BCUT2D eigenvalue weighted by Gasteiger charge is 2.26. The molecule has 107 heavy (non-hydrogen) atoms. The van der Waals surface area contributed by atoms with E-state index in [1.807, 2.05) is 88.3 Å². The van der Waals surface area contributed by atoms with Crippen LogP contribution in [0.3, 0.4) is 0 Å². The number of allylic oxidation sites excluding steroid dienone is 4. The summed E-state index contributed by atoms with van der Waals surface area (Å²) in [5, 5.41) is 78.4. The van der Waals surface area contributed by atoms with Gasteiger partial charge >= 0.3 is 11.9 Å². The lowest BCUT2D eigenvalue weighted by atomic mass is 9.90. The number of hydrogen-bond donors (Lipinski definition) is 9. The molecule has 0 bridgehead atoms. The predicted octanol–water partition coefficient (Wildman–Crippen LogP) is 24.9. The number of phenols is 5. The Hall–Kier alpha value is -9.85. The van der Waals surface area contributed by atoms with Gasteiger partial charge in [-0.2, -0.15) is 0 Å². The molecular formula is C89H142O18. The van der Waals surface area contributed by atoms with Crippen molar-refractivity contribution in [3.63, 3.8) is 0 Å². The number of phenolic OH excluding ortho intramolecular Hbond substituents is 5. The van der Waals surface area contributed by atoms with Gasteiger partial charge in [0.1, 0.15) is 34.7 Å². The zero-order valence-corrected chi connectivity index (χ0v) is 65.2. The van der Waals surface area contributed by atoms with E-state index in [2.05, 4.69) is 65.2 Å². The van der Waals surface area contributed by atoms with Crippen LogP contribution in [0, 0.1) is 5.92 Å². The summed E-state index contributed by atoms with van der Waals surface area (Å²) < 4.78 is 0. The van der Waals surface area contributed by atoms with Gasteiger partial charge in [-0.15, -0.1) is 0 Å². The normalized spacial score (nSPS) is 9.55. The fourth-order valence-corrected chi connectivity index (χ4v) is 6.28. The number of benzene rings is 7. The van der Waals surface area contributed by atoms with E-state index < -0.39 is 23.6 Å². The number of aromatic hydroxyl groups is 5. The van der Waals surface area contributed by atoms with Gasteiger partial charge in [-0.1, -0.05) is 333 Å². The van der Waals surface area contributed by atoms with Crippen LogP contribution >= 0.6 is 0 Å². The molecule has 606 valence electrons. The van der Waals surface area contributed by atoms with Gasteiger partial charge in [-0.05, 0) is 86.0 Å². The number of carboxylic acid groups (broad SMARTS) is 2. The molecule has 0 aliphatic heterocycles. The molecule has 7 aromatic carbocycles. The lowest BCUT2D eigenvalue weighted by Gasteiger charge is -2.11. The molecule has 0 aromatic heterocycles. The van der Waals surface area contributed by atoms with Crippen molar-refractivity contribution in [1.82, 2.24) is 0 Å². The Kier molecular flexibility index (Phi) is 107. The molecular weight excluding hydrogens is 1360 g/mol. The molecule has 1 atom stereocenters. The molecule has 9 N–H and O–H groups in total. The lowest BCUT2D eigenvalue weighted by molar-refractivity contribution is -0.241. The van der Waals surface area contributed by atoms with Crippen LogP contribution in [0.5, 0.6) is 28.7 Å². The van der Waals surface area contributed by atoms with Crippen LogP contribution in [0.15, 0.2) is 206 Å². The van der Waals surface area contributed by atoms with E-state index in [1.54, 1.807) is 140 Å². The van der Waals surface area contributed by atoms with Crippen molar-refractivity contribution < 1.29 is 89.6 Å². The molecule has 1 aliphatic rings. The zero-order valence-electron chi connectivity index (χ0n) is 65.2. The highest BCUT2D eigenvalue weighted by atomic mass is 17.1. The van der Waals surface area contributed by atoms with Gasteiger partial charge in [0.2, 0.25) is 0 Å². The second-order valence-electron chi connectivity index (χ2n) is 19.7. The zero-order chi connectivity index (χ0) is 80.8. The Morgan fingerprint density at radius 1 is 0.336 bits per heavy atom. The van der Waals surface area contributed by atoms with Gasteiger partial charge in [0.15, 0.2) is 28.9 Å².